The van der Waals surface area contributed by atoms with Crippen molar-refractivity contribution in [3.63, 3.8) is 0 Å². The summed E-state index contributed by atoms with van der Waals surface area (Å²) in [6.45, 7) is 0.714. The number of likely N-dealkylation sites (tertiary alicyclic amines) is 1. The van der Waals surface area contributed by atoms with E-state index in [2.05, 4.69) is 9.88 Å². The van der Waals surface area contributed by atoms with E-state index in [0.717, 1.165) is 18.4 Å². The highest BCUT2D eigenvalue weighted by molar-refractivity contribution is 5.74. The molecule has 1 saturated carbocycles. The first-order valence-electron chi connectivity index (χ1n) is 7.13. The molecular weight excluding hydrogens is 240 g/mol. The SMILES string of the molecule is O=C(O)[C@@H]1C[C@H]2CCCC[C@@H]2N1Cc1cccnc1. The molecule has 0 spiro atoms. The molecule has 2 aliphatic rings. The summed E-state index contributed by atoms with van der Waals surface area (Å²) < 4.78 is 0. The standard InChI is InChI=1S/C15H20N2O2/c18-15(19)14-8-12-5-1-2-6-13(12)17(14)10-11-4-3-7-16-9-11/h3-4,7,9,12-14H,1-2,5-6,8,10H2,(H,18,19)/t12-,13+,14+/m1/s1. The van der Waals surface area contributed by atoms with Crippen LogP contribution in [0.25, 0.3) is 0 Å². The van der Waals surface area contributed by atoms with Gasteiger partial charge in [0.25, 0.3) is 0 Å². The lowest BCUT2D eigenvalue weighted by Gasteiger charge is -2.32. The minimum atomic E-state index is -0.668. The van der Waals surface area contributed by atoms with Gasteiger partial charge in [0.2, 0.25) is 0 Å². The number of hydrogen-bond acceptors (Lipinski definition) is 3. The fraction of sp³-hybridized carbons (Fsp3) is 0.600. The second-order valence-corrected chi connectivity index (χ2v) is 5.74. The maximum Gasteiger partial charge on any atom is 0.320 e. The van der Waals surface area contributed by atoms with E-state index in [9.17, 15) is 9.90 Å². The summed E-state index contributed by atoms with van der Waals surface area (Å²) in [4.78, 5) is 17.8. The van der Waals surface area contributed by atoms with Crippen LogP contribution in [0.3, 0.4) is 0 Å². The number of aliphatic carboxylic acids is 1. The number of carboxylic acid groups (broad SMARTS) is 1. The molecule has 0 radical (unpaired) electrons. The summed E-state index contributed by atoms with van der Waals surface area (Å²) in [5, 5.41) is 9.45. The maximum atomic E-state index is 11.5. The number of carbonyl (C=O) groups is 1. The number of aromatic nitrogens is 1. The van der Waals surface area contributed by atoms with Gasteiger partial charge in [-0.2, -0.15) is 0 Å². The summed E-state index contributed by atoms with van der Waals surface area (Å²) in [5.74, 6) is -0.0928. The van der Waals surface area contributed by atoms with Gasteiger partial charge in [-0.3, -0.25) is 14.7 Å². The van der Waals surface area contributed by atoms with E-state index < -0.39 is 5.97 Å². The minimum absolute atomic E-state index is 0.312. The Kier molecular flexibility index (Phi) is 3.51. The molecular formula is C15H20N2O2. The highest BCUT2D eigenvalue weighted by Crippen LogP contribution is 2.40. The highest BCUT2D eigenvalue weighted by atomic mass is 16.4. The zero-order valence-corrected chi connectivity index (χ0v) is 11.0. The maximum absolute atomic E-state index is 11.5. The van der Waals surface area contributed by atoms with Gasteiger partial charge >= 0.3 is 5.97 Å². The second kappa shape index (κ2) is 5.29. The lowest BCUT2D eigenvalue weighted by molar-refractivity contribution is -0.142. The third-order valence-electron chi connectivity index (χ3n) is 4.59. The van der Waals surface area contributed by atoms with Crippen molar-refractivity contribution in [2.24, 2.45) is 5.92 Å². The van der Waals surface area contributed by atoms with Gasteiger partial charge in [0, 0.05) is 25.0 Å². The number of carboxylic acids is 1. The van der Waals surface area contributed by atoms with Crippen molar-refractivity contribution in [1.82, 2.24) is 9.88 Å². The fourth-order valence-corrected chi connectivity index (χ4v) is 3.73. The summed E-state index contributed by atoms with van der Waals surface area (Å²) in [6, 6.07) is 4.09. The molecule has 1 aromatic heterocycles. The van der Waals surface area contributed by atoms with Crippen LogP contribution in [0.1, 0.15) is 37.7 Å². The first-order valence-corrected chi connectivity index (χ1v) is 7.13. The van der Waals surface area contributed by atoms with Crippen LogP contribution in [0.5, 0.6) is 0 Å². The van der Waals surface area contributed by atoms with E-state index in [0.29, 0.717) is 18.5 Å². The number of nitrogens with zero attached hydrogens (tertiary/aromatic N) is 2. The predicted molar refractivity (Wildman–Crippen MR) is 71.6 cm³/mol. The Morgan fingerprint density at radius 2 is 2.26 bits per heavy atom. The Morgan fingerprint density at radius 3 is 3.00 bits per heavy atom. The molecule has 1 aliphatic carbocycles. The van der Waals surface area contributed by atoms with Crippen LogP contribution in [-0.2, 0) is 11.3 Å². The van der Waals surface area contributed by atoms with E-state index >= 15 is 0 Å². The Labute approximate surface area is 113 Å². The van der Waals surface area contributed by atoms with Gasteiger partial charge in [-0.1, -0.05) is 18.9 Å². The molecule has 102 valence electrons. The first-order chi connectivity index (χ1) is 9.25. The van der Waals surface area contributed by atoms with Crippen molar-refractivity contribution >= 4 is 5.97 Å². The van der Waals surface area contributed by atoms with Crippen molar-refractivity contribution in [3.05, 3.63) is 30.1 Å². The van der Waals surface area contributed by atoms with Crippen molar-refractivity contribution in [1.29, 1.82) is 0 Å². The third kappa shape index (κ3) is 2.50. The van der Waals surface area contributed by atoms with Crippen molar-refractivity contribution in [2.45, 2.75) is 50.7 Å². The molecule has 3 rings (SSSR count). The smallest absolute Gasteiger partial charge is 0.320 e. The molecule has 0 aromatic carbocycles. The molecule has 3 atom stereocenters. The largest absolute Gasteiger partial charge is 0.480 e. The Hall–Kier alpha value is -1.42. The molecule has 4 nitrogen and oxygen atoms in total. The van der Waals surface area contributed by atoms with Gasteiger partial charge in [0.05, 0.1) is 0 Å². The monoisotopic (exact) mass is 260 g/mol. The molecule has 1 N–H and O–H groups in total. The molecule has 0 unspecified atom stereocenters. The average Bonchev–Trinajstić information content (AvgIpc) is 2.79. The number of pyridine rings is 1. The topological polar surface area (TPSA) is 53.4 Å². The van der Waals surface area contributed by atoms with Crippen molar-refractivity contribution in [2.75, 3.05) is 0 Å². The quantitative estimate of drug-likeness (QED) is 0.906. The van der Waals surface area contributed by atoms with Crippen molar-refractivity contribution in [3.8, 4) is 0 Å². The second-order valence-electron chi connectivity index (χ2n) is 5.74. The molecule has 4 heteroatoms. The van der Waals surface area contributed by atoms with E-state index in [-0.39, 0.29) is 6.04 Å². The van der Waals surface area contributed by atoms with Crippen LogP contribution in [0.2, 0.25) is 0 Å². The average molecular weight is 260 g/mol. The molecule has 1 saturated heterocycles. The van der Waals surface area contributed by atoms with Crippen LogP contribution in [0, 0.1) is 5.92 Å². The zero-order chi connectivity index (χ0) is 13.2. The lowest BCUT2D eigenvalue weighted by Crippen LogP contribution is -2.41. The third-order valence-corrected chi connectivity index (χ3v) is 4.59. The van der Waals surface area contributed by atoms with Crippen LogP contribution < -0.4 is 0 Å². The molecule has 19 heavy (non-hydrogen) atoms. The zero-order valence-electron chi connectivity index (χ0n) is 11.0. The molecule has 0 bridgehead atoms. The van der Waals surface area contributed by atoms with Gasteiger partial charge in [0.15, 0.2) is 0 Å². The Bertz CT molecular complexity index is 449. The van der Waals surface area contributed by atoms with E-state index in [1.165, 1.54) is 19.3 Å². The Balaban J connectivity index is 1.80. The molecule has 2 heterocycles. The van der Waals surface area contributed by atoms with E-state index in [1.54, 1.807) is 6.20 Å². The highest BCUT2D eigenvalue weighted by Gasteiger charge is 2.44. The van der Waals surface area contributed by atoms with Crippen LogP contribution in [0.15, 0.2) is 24.5 Å². The predicted octanol–water partition coefficient (Wildman–Crippen LogP) is 2.30. The molecule has 2 fully saturated rings. The lowest BCUT2D eigenvalue weighted by atomic mass is 9.84. The van der Waals surface area contributed by atoms with Gasteiger partial charge in [-0.25, -0.2) is 0 Å². The fourth-order valence-electron chi connectivity index (χ4n) is 3.73. The number of hydrogen-bond donors (Lipinski definition) is 1. The van der Waals surface area contributed by atoms with Gasteiger partial charge < -0.3 is 5.11 Å². The van der Waals surface area contributed by atoms with Crippen LogP contribution in [-0.4, -0.2) is 33.0 Å². The molecule has 1 aromatic rings. The van der Waals surface area contributed by atoms with E-state index in [4.69, 9.17) is 0 Å². The van der Waals surface area contributed by atoms with Gasteiger partial charge in [0.1, 0.15) is 6.04 Å². The number of rotatable bonds is 3. The minimum Gasteiger partial charge on any atom is -0.480 e. The van der Waals surface area contributed by atoms with Crippen LogP contribution >= 0.6 is 0 Å². The van der Waals surface area contributed by atoms with Gasteiger partial charge in [-0.05, 0) is 36.8 Å². The molecule has 1 aliphatic heterocycles. The first kappa shape index (κ1) is 12.6. The number of fused-ring (bicyclic) bond motifs is 1. The summed E-state index contributed by atoms with van der Waals surface area (Å²) in [7, 11) is 0. The summed E-state index contributed by atoms with van der Waals surface area (Å²) >= 11 is 0. The van der Waals surface area contributed by atoms with Crippen LogP contribution in [0.4, 0.5) is 0 Å². The van der Waals surface area contributed by atoms with Crippen molar-refractivity contribution < 1.29 is 9.90 Å². The summed E-state index contributed by atoms with van der Waals surface area (Å²) in [6.07, 6.45) is 9.25. The normalized spacial score (nSPS) is 31.1. The van der Waals surface area contributed by atoms with E-state index in [1.807, 2.05) is 18.3 Å². The molecule has 0 amide bonds. The Morgan fingerprint density at radius 1 is 1.42 bits per heavy atom. The summed E-state index contributed by atoms with van der Waals surface area (Å²) in [5.41, 5.74) is 1.11. The van der Waals surface area contributed by atoms with Gasteiger partial charge in [-0.15, -0.1) is 0 Å².